The number of rotatable bonds is 6. The van der Waals surface area contributed by atoms with Gasteiger partial charge in [-0.05, 0) is 46.8 Å². The summed E-state index contributed by atoms with van der Waals surface area (Å²) in [5, 5.41) is 23.8. The Kier molecular flexibility index (Phi) is 5.46. The Morgan fingerprint density at radius 2 is 2.07 bits per heavy atom. The van der Waals surface area contributed by atoms with E-state index in [1.807, 2.05) is 0 Å². The maximum absolute atomic E-state index is 13.4. The number of phenolic OH excluding ortho intramolecular Hbond substituents is 1. The molecule has 0 aliphatic heterocycles. The Morgan fingerprint density at radius 1 is 1.26 bits per heavy atom. The number of nitrogens with one attached hydrogen (secondary N) is 1. The van der Waals surface area contributed by atoms with Crippen LogP contribution >= 0.6 is 11.8 Å². The van der Waals surface area contributed by atoms with Crippen LogP contribution in [0.15, 0.2) is 47.6 Å². The van der Waals surface area contributed by atoms with E-state index >= 15 is 0 Å². The maximum Gasteiger partial charge on any atom is 0.221 e. The van der Waals surface area contributed by atoms with Crippen LogP contribution < -0.4 is 5.32 Å². The Morgan fingerprint density at radius 3 is 2.81 bits per heavy atom. The van der Waals surface area contributed by atoms with Crippen LogP contribution in [0.1, 0.15) is 17.3 Å². The highest BCUT2D eigenvalue weighted by molar-refractivity contribution is 7.99. The average Bonchev–Trinajstić information content (AvgIpc) is 3.10. The smallest absolute Gasteiger partial charge is 0.221 e. The van der Waals surface area contributed by atoms with Crippen LogP contribution in [0.25, 0.3) is 5.69 Å². The zero-order chi connectivity index (χ0) is 19.4. The zero-order valence-corrected chi connectivity index (χ0v) is 14.9. The fourth-order valence-electron chi connectivity index (χ4n) is 2.25. The number of benzene rings is 2. The van der Waals surface area contributed by atoms with Crippen LogP contribution in [-0.2, 0) is 4.79 Å². The molecule has 27 heavy (non-hydrogen) atoms. The lowest BCUT2D eigenvalue weighted by Crippen LogP contribution is -2.09. The molecule has 0 atom stereocenters. The Balaban J connectivity index is 1.74. The minimum absolute atomic E-state index is 0.0139. The molecule has 0 aliphatic carbocycles. The van der Waals surface area contributed by atoms with Gasteiger partial charge in [-0.25, -0.2) is 4.39 Å². The van der Waals surface area contributed by atoms with Crippen LogP contribution in [0.2, 0.25) is 0 Å². The van der Waals surface area contributed by atoms with Gasteiger partial charge in [-0.1, -0.05) is 17.8 Å². The van der Waals surface area contributed by atoms with E-state index in [1.165, 1.54) is 48.0 Å². The van der Waals surface area contributed by atoms with E-state index in [0.29, 0.717) is 16.4 Å². The molecule has 0 radical (unpaired) electrons. The first-order chi connectivity index (χ1) is 12.9. The van der Waals surface area contributed by atoms with Crippen molar-refractivity contribution >= 4 is 29.1 Å². The lowest BCUT2D eigenvalue weighted by Gasteiger charge is -2.08. The van der Waals surface area contributed by atoms with Gasteiger partial charge in [-0.2, -0.15) is 4.68 Å². The molecular weight excluding hydrogens is 373 g/mol. The molecule has 10 heteroatoms. The summed E-state index contributed by atoms with van der Waals surface area (Å²) in [6.07, 6.45) is 0. The second kappa shape index (κ2) is 7.96. The number of hydrogen-bond acceptors (Lipinski definition) is 7. The molecule has 8 nitrogen and oxygen atoms in total. The summed E-state index contributed by atoms with van der Waals surface area (Å²) >= 11 is 1.09. The van der Waals surface area contributed by atoms with Crippen molar-refractivity contribution in [2.24, 2.45) is 0 Å². The molecule has 0 fully saturated rings. The molecule has 0 bridgehead atoms. The third-order valence-electron chi connectivity index (χ3n) is 3.46. The van der Waals surface area contributed by atoms with Gasteiger partial charge in [0.2, 0.25) is 11.1 Å². The number of Topliss-reactive ketones (excluding diaryl/α,β-unsaturated/α-hetero) is 1. The molecule has 0 saturated heterocycles. The highest BCUT2D eigenvalue weighted by Gasteiger charge is 2.15. The summed E-state index contributed by atoms with van der Waals surface area (Å²) in [6.45, 7) is 1.30. The standard InChI is InChI=1S/C17H14FN5O3S/c1-10(24)19-14-7-11(5-6-15(14)25)16(26)9-27-17-20-21-22-23(17)13-4-2-3-12(18)8-13/h2-8,25H,9H2,1H3,(H,19,24). The number of phenols is 1. The number of thioether (sulfide) groups is 1. The van der Waals surface area contributed by atoms with Gasteiger partial charge < -0.3 is 10.4 Å². The van der Waals surface area contributed by atoms with Gasteiger partial charge in [0.1, 0.15) is 11.6 Å². The molecule has 2 aromatic carbocycles. The van der Waals surface area contributed by atoms with Crippen LogP contribution in [0.4, 0.5) is 10.1 Å². The molecule has 3 rings (SSSR count). The minimum Gasteiger partial charge on any atom is -0.506 e. The highest BCUT2D eigenvalue weighted by atomic mass is 32.2. The van der Waals surface area contributed by atoms with Crippen molar-refractivity contribution in [3.63, 3.8) is 0 Å². The molecule has 0 aliphatic rings. The second-order valence-electron chi connectivity index (χ2n) is 5.48. The first-order valence-electron chi connectivity index (χ1n) is 7.75. The third kappa shape index (κ3) is 4.47. The summed E-state index contributed by atoms with van der Waals surface area (Å²) in [5.41, 5.74) is 0.907. The van der Waals surface area contributed by atoms with Crippen molar-refractivity contribution in [3.8, 4) is 11.4 Å². The fourth-order valence-corrected chi connectivity index (χ4v) is 3.04. The summed E-state index contributed by atoms with van der Waals surface area (Å²) in [7, 11) is 0. The topological polar surface area (TPSA) is 110 Å². The van der Waals surface area contributed by atoms with Crippen LogP contribution in [-0.4, -0.2) is 42.8 Å². The fraction of sp³-hybridized carbons (Fsp3) is 0.118. The molecule has 1 heterocycles. The number of aromatic hydroxyl groups is 1. The number of nitrogens with zero attached hydrogens (tertiary/aromatic N) is 4. The van der Waals surface area contributed by atoms with Gasteiger partial charge in [0.05, 0.1) is 17.1 Å². The number of amides is 1. The average molecular weight is 387 g/mol. The molecule has 3 aromatic rings. The Labute approximate surface area is 157 Å². The van der Waals surface area contributed by atoms with Crippen molar-refractivity contribution in [1.82, 2.24) is 20.2 Å². The molecule has 1 amide bonds. The number of aromatic nitrogens is 4. The lowest BCUT2D eigenvalue weighted by molar-refractivity contribution is -0.114. The number of halogens is 1. The number of tetrazole rings is 1. The van der Waals surface area contributed by atoms with Gasteiger partial charge in [0, 0.05) is 12.5 Å². The van der Waals surface area contributed by atoms with Gasteiger partial charge in [-0.15, -0.1) is 5.10 Å². The number of anilines is 1. The molecular formula is C17H14FN5O3S. The van der Waals surface area contributed by atoms with Crippen molar-refractivity contribution in [3.05, 3.63) is 53.8 Å². The van der Waals surface area contributed by atoms with Gasteiger partial charge in [0.25, 0.3) is 0 Å². The van der Waals surface area contributed by atoms with E-state index in [9.17, 15) is 19.1 Å². The Hall–Kier alpha value is -3.27. The van der Waals surface area contributed by atoms with E-state index in [2.05, 4.69) is 20.8 Å². The number of carbonyl (C=O) groups excluding carboxylic acids is 2. The quantitative estimate of drug-likeness (QED) is 0.380. The molecule has 0 unspecified atom stereocenters. The number of hydrogen-bond donors (Lipinski definition) is 2. The normalized spacial score (nSPS) is 10.6. The molecule has 1 aromatic heterocycles. The number of ketones is 1. The lowest BCUT2D eigenvalue weighted by atomic mass is 10.1. The SMILES string of the molecule is CC(=O)Nc1cc(C(=O)CSc2nnnn2-c2cccc(F)c2)ccc1O. The van der Waals surface area contributed by atoms with E-state index in [1.54, 1.807) is 6.07 Å². The van der Waals surface area contributed by atoms with Gasteiger partial charge >= 0.3 is 0 Å². The summed E-state index contributed by atoms with van der Waals surface area (Å²) in [6, 6.07) is 9.95. The zero-order valence-electron chi connectivity index (χ0n) is 14.1. The summed E-state index contributed by atoms with van der Waals surface area (Å²) in [5.74, 6) is -1.16. The van der Waals surface area contributed by atoms with Crippen LogP contribution in [0.5, 0.6) is 5.75 Å². The maximum atomic E-state index is 13.4. The molecule has 138 valence electrons. The first kappa shape index (κ1) is 18.5. The van der Waals surface area contributed by atoms with E-state index in [0.717, 1.165) is 11.8 Å². The van der Waals surface area contributed by atoms with Crippen molar-refractivity contribution < 1.29 is 19.1 Å². The third-order valence-corrected chi connectivity index (χ3v) is 4.37. The van der Waals surface area contributed by atoms with E-state index in [4.69, 9.17) is 0 Å². The number of carbonyl (C=O) groups is 2. The van der Waals surface area contributed by atoms with Gasteiger partial charge in [-0.3, -0.25) is 9.59 Å². The van der Waals surface area contributed by atoms with Crippen molar-refractivity contribution in [2.45, 2.75) is 12.1 Å². The summed E-state index contributed by atoms with van der Waals surface area (Å²) < 4.78 is 14.7. The van der Waals surface area contributed by atoms with E-state index < -0.39 is 5.82 Å². The highest BCUT2D eigenvalue weighted by Crippen LogP contribution is 2.26. The minimum atomic E-state index is -0.426. The van der Waals surface area contributed by atoms with Crippen LogP contribution in [0, 0.1) is 5.82 Å². The van der Waals surface area contributed by atoms with Gasteiger partial charge in [0.15, 0.2) is 5.78 Å². The molecule has 0 spiro atoms. The van der Waals surface area contributed by atoms with Crippen molar-refractivity contribution in [1.29, 1.82) is 0 Å². The molecule has 0 saturated carbocycles. The monoisotopic (exact) mass is 387 g/mol. The predicted molar refractivity (Wildman–Crippen MR) is 96.6 cm³/mol. The predicted octanol–water partition coefficient (Wildman–Crippen LogP) is 2.44. The largest absolute Gasteiger partial charge is 0.506 e. The van der Waals surface area contributed by atoms with E-state index in [-0.39, 0.29) is 28.9 Å². The molecule has 2 N–H and O–H groups in total. The van der Waals surface area contributed by atoms with Crippen molar-refractivity contribution in [2.75, 3.05) is 11.1 Å². The summed E-state index contributed by atoms with van der Waals surface area (Å²) in [4.78, 5) is 23.6. The Bertz CT molecular complexity index is 1010. The van der Waals surface area contributed by atoms with Crippen LogP contribution in [0.3, 0.4) is 0 Å². The second-order valence-corrected chi connectivity index (χ2v) is 6.42. The first-order valence-corrected chi connectivity index (χ1v) is 8.73.